The number of methoxy groups -OCH3 is 1. The topological polar surface area (TPSA) is 65.1 Å². The average molecular weight is 393 g/mol. The summed E-state index contributed by atoms with van der Waals surface area (Å²) in [5, 5.41) is 0. The van der Waals surface area contributed by atoms with E-state index in [1.807, 2.05) is 12.2 Å². The lowest BCUT2D eigenvalue weighted by molar-refractivity contribution is -0.145. The van der Waals surface area contributed by atoms with Gasteiger partial charge in [0.05, 0.1) is 13.2 Å². The zero-order valence-corrected chi connectivity index (χ0v) is 17.6. The Hall–Kier alpha value is -1.88. The van der Waals surface area contributed by atoms with Gasteiger partial charge in [-0.1, -0.05) is 50.1 Å². The van der Waals surface area contributed by atoms with Crippen LogP contribution in [0, 0.1) is 0 Å². The fourth-order valence-corrected chi connectivity index (χ4v) is 2.92. The van der Waals surface area contributed by atoms with Gasteiger partial charge in [-0.2, -0.15) is 0 Å². The first-order valence-corrected chi connectivity index (χ1v) is 10.4. The summed E-state index contributed by atoms with van der Waals surface area (Å²) >= 11 is 0. The van der Waals surface area contributed by atoms with E-state index in [-0.39, 0.29) is 30.3 Å². The Morgan fingerprint density at radius 2 is 1.75 bits per heavy atom. The number of hydrogen-bond donors (Lipinski definition) is 0. The molecule has 0 aromatic carbocycles. The Kier molecular flexibility index (Phi) is 13.0. The first kappa shape index (κ1) is 24.2. The second-order valence-electron chi connectivity index (χ2n) is 7.02. The average Bonchev–Trinajstić information content (AvgIpc) is 3.44. The van der Waals surface area contributed by atoms with Crippen LogP contribution in [-0.4, -0.2) is 37.4 Å². The molecule has 28 heavy (non-hydrogen) atoms. The van der Waals surface area contributed by atoms with Gasteiger partial charge in [-0.3, -0.25) is 9.59 Å². The van der Waals surface area contributed by atoms with Crippen LogP contribution < -0.4 is 0 Å². The van der Waals surface area contributed by atoms with Gasteiger partial charge >= 0.3 is 11.9 Å². The highest BCUT2D eigenvalue weighted by molar-refractivity contribution is 5.69. The Balaban J connectivity index is 2.27. The summed E-state index contributed by atoms with van der Waals surface area (Å²) in [5.74, 6) is -0.529. The number of epoxide rings is 1. The summed E-state index contributed by atoms with van der Waals surface area (Å²) in [6.45, 7) is 3.62. The van der Waals surface area contributed by atoms with Crippen LogP contribution in [0.5, 0.6) is 0 Å². The first-order chi connectivity index (χ1) is 13.6. The molecule has 3 unspecified atom stereocenters. The van der Waals surface area contributed by atoms with Crippen LogP contribution in [0.4, 0.5) is 0 Å². The summed E-state index contributed by atoms with van der Waals surface area (Å²) in [6, 6.07) is 0. The molecule has 5 heteroatoms. The van der Waals surface area contributed by atoms with Gasteiger partial charge in [0.15, 0.2) is 0 Å². The number of hydrogen-bond acceptors (Lipinski definition) is 5. The van der Waals surface area contributed by atoms with Crippen LogP contribution >= 0.6 is 0 Å². The fraction of sp³-hybridized carbons (Fsp3) is 0.652. The molecule has 3 atom stereocenters. The largest absolute Gasteiger partial charge is 0.469 e. The normalized spacial score (nSPS) is 20.1. The maximum absolute atomic E-state index is 11.3. The van der Waals surface area contributed by atoms with E-state index in [9.17, 15) is 9.59 Å². The van der Waals surface area contributed by atoms with E-state index in [2.05, 4.69) is 36.0 Å². The predicted molar refractivity (Wildman–Crippen MR) is 111 cm³/mol. The molecule has 1 saturated heterocycles. The summed E-state index contributed by atoms with van der Waals surface area (Å²) in [5.41, 5.74) is 0. The van der Waals surface area contributed by atoms with Crippen molar-refractivity contribution in [2.75, 3.05) is 7.11 Å². The molecule has 0 N–H and O–H groups in total. The molecule has 158 valence electrons. The standard InChI is InChI=1S/C23H36O5/c1-4-5-6-7-8-9-10-11-12-13-14-16-20(27-19(2)24)23-21(28-23)17-15-18-22(25)26-3/h8-9,11-12,14,16,20-21,23H,4-7,10,13,15,17-18H2,1-3H3/b9-8-,12-11-,16-14-. The van der Waals surface area contributed by atoms with Crippen LogP contribution in [0.3, 0.4) is 0 Å². The predicted octanol–water partition coefficient (Wildman–Crippen LogP) is 5.06. The highest BCUT2D eigenvalue weighted by Gasteiger charge is 2.45. The van der Waals surface area contributed by atoms with Crippen molar-refractivity contribution in [2.45, 2.75) is 89.9 Å². The summed E-state index contributed by atoms with van der Waals surface area (Å²) in [6.07, 6.45) is 20.7. The molecular weight excluding hydrogens is 356 g/mol. The number of carbonyl (C=O) groups excluding carboxylic acids is 2. The van der Waals surface area contributed by atoms with E-state index in [4.69, 9.17) is 9.47 Å². The highest BCUT2D eigenvalue weighted by Crippen LogP contribution is 2.32. The van der Waals surface area contributed by atoms with Crippen molar-refractivity contribution in [3.05, 3.63) is 36.5 Å². The third-order valence-corrected chi connectivity index (χ3v) is 4.52. The van der Waals surface area contributed by atoms with Gasteiger partial charge in [0, 0.05) is 13.3 Å². The van der Waals surface area contributed by atoms with E-state index < -0.39 is 0 Å². The molecule has 0 spiro atoms. The number of rotatable bonds is 15. The van der Waals surface area contributed by atoms with Gasteiger partial charge < -0.3 is 14.2 Å². The molecule has 1 rings (SSSR count). The molecule has 0 bridgehead atoms. The Labute approximate surface area is 169 Å². The monoisotopic (exact) mass is 392 g/mol. The zero-order valence-electron chi connectivity index (χ0n) is 17.6. The minimum Gasteiger partial charge on any atom is -0.469 e. The molecule has 0 aromatic rings. The second-order valence-corrected chi connectivity index (χ2v) is 7.02. The number of unbranched alkanes of at least 4 members (excludes halogenated alkanes) is 3. The molecule has 1 aliphatic heterocycles. The van der Waals surface area contributed by atoms with Crippen molar-refractivity contribution < 1.29 is 23.8 Å². The van der Waals surface area contributed by atoms with Crippen molar-refractivity contribution in [3.63, 3.8) is 0 Å². The quantitative estimate of drug-likeness (QED) is 0.169. The first-order valence-electron chi connectivity index (χ1n) is 10.4. The van der Waals surface area contributed by atoms with Crippen molar-refractivity contribution >= 4 is 11.9 Å². The van der Waals surface area contributed by atoms with E-state index >= 15 is 0 Å². The minimum atomic E-state index is -0.368. The van der Waals surface area contributed by atoms with Crippen molar-refractivity contribution in [1.29, 1.82) is 0 Å². The Bertz CT molecular complexity index is 535. The minimum absolute atomic E-state index is 0.0343. The molecular formula is C23H36O5. The van der Waals surface area contributed by atoms with E-state index in [0.717, 1.165) is 25.7 Å². The molecule has 1 heterocycles. The SMILES string of the molecule is CCCCC/C=C\C/C=C\C/C=C\C(OC(C)=O)C1OC1CCCC(=O)OC. The van der Waals surface area contributed by atoms with Gasteiger partial charge in [0.25, 0.3) is 0 Å². The number of esters is 2. The molecule has 0 saturated carbocycles. The van der Waals surface area contributed by atoms with Gasteiger partial charge in [-0.25, -0.2) is 0 Å². The van der Waals surface area contributed by atoms with Crippen LogP contribution in [0.2, 0.25) is 0 Å². The molecule has 1 aliphatic rings. The van der Waals surface area contributed by atoms with Gasteiger partial charge in [-0.05, 0) is 44.6 Å². The van der Waals surface area contributed by atoms with Crippen molar-refractivity contribution in [1.82, 2.24) is 0 Å². The molecule has 0 aliphatic carbocycles. The lowest BCUT2D eigenvalue weighted by atomic mass is 10.1. The van der Waals surface area contributed by atoms with Crippen LogP contribution in [0.15, 0.2) is 36.5 Å². The van der Waals surface area contributed by atoms with Crippen molar-refractivity contribution in [2.24, 2.45) is 0 Å². The smallest absolute Gasteiger partial charge is 0.305 e. The number of allylic oxidation sites excluding steroid dienone is 5. The van der Waals surface area contributed by atoms with Crippen LogP contribution in [0.25, 0.3) is 0 Å². The Morgan fingerprint density at radius 3 is 2.43 bits per heavy atom. The van der Waals surface area contributed by atoms with Gasteiger partial charge in [0.1, 0.15) is 12.2 Å². The van der Waals surface area contributed by atoms with Gasteiger partial charge in [-0.15, -0.1) is 0 Å². The maximum Gasteiger partial charge on any atom is 0.305 e. The van der Waals surface area contributed by atoms with E-state index in [0.29, 0.717) is 12.8 Å². The molecule has 0 radical (unpaired) electrons. The third-order valence-electron chi connectivity index (χ3n) is 4.52. The lowest BCUT2D eigenvalue weighted by Crippen LogP contribution is -2.21. The second kappa shape index (κ2) is 15.1. The maximum atomic E-state index is 11.3. The fourth-order valence-electron chi connectivity index (χ4n) is 2.92. The lowest BCUT2D eigenvalue weighted by Gasteiger charge is -2.10. The zero-order chi connectivity index (χ0) is 20.6. The molecule has 0 aromatic heterocycles. The van der Waals surface area contributed by atoms with E-state index in [1.54, 1.807) is 0 Å². The third kappa shape index (κ3) is 11.8. The molecule has 1 fully saturated rings. The van der Waals surface area contributed by atoms with Crippen LogP contribution in [0.1, 0.15) is 71.6 Å². The number of carbonyl (C=O) groups is 2. The number of ether oxygens (including phenoxy) is 3. The van der Waals surface area contributed by atoms with E-state index in [1.165, 1.54) is 33.3 Å². The molecule has 0 amide bonds. The summed E-state index contributed by atoms with van der Waals surface area (Å²) in [7, 11) is 1.39. The van der Waals surface area contributed by atoms with Crippen LogP contribution in [-0.2, 0) is 23.8 Å². The van der Waals surface area contributed by atoms with Crippen molar-refractivity contribution in [3.8, 4) is 0 Å². The molecule has 5 nitrogen and oxygen atoms in total. The summed E-state index contributed by atoms with van der Waals surface area (Å²) in [4.78, 5) is 22.5. The summed E-state index contributed by atoms with van der Waals surface area (Å²) < 4.78 is 15.6. The highest BCUT2D eigenvalue weighted by atomic mass is 16.6. The van der Waals surface area contributed by atoms with Gasteiger partial charge in [0.2, 0.25) is 0 Å². The Morgan fingerprint density at radius 1 is 1.04 bits per heavy atom.